The molecule has 10 nitrogen and oxygen atoms in total. The fraction of sp³-hybridized carbons (Fsp3) is 0.429. The highest BCUT2D eigenvalue weighted by Crippen LogP contribution is 2.52. The minimum atomic E-state index is -1.14. The Labute approximate surface area is 177 Å². The molecule has 10 heteroatoms. The second kappa shape index (κ2) is 7.60. The van der Waals surface area contributed by atoms with Crippen LogP contribution in [0.3, 0.4) is 0 Å². The summed E-state index contributed by atoms with van der Waals surface area (Å²) in [6.07, 6.45) is 4.71. The zero-order valence-electron chi connectivity index (χ0n) is 16.9. The summed E-state index contributed by atoms with van der Waals surface area (Å²) in [5, 5.41) is 13.4. The van der Waals surface area contributed by atoms with Crippen molar-refractivity contribution in [2.45, 2.75) is 26.3 Å². The maximum atomic E-state index is 12.8. The number of likely N-dealkylation sites (tertiary alicyclic amines) is 1. The number of hydrogen-bond acceptors (Lipinski definition) is 7. The number of aryl methyl sites for hydroxylation is 1. The number of carbonyl (C=O) groups excluding carboxylic acids is 4. The lowest BCUT2D eigenvalue weighted by Gasteiger charge is -2.23. The Bertz CT molecular complexity index is 1000. The van der Waals surface area contributed by atoms with E-state index >= 15 is 0 Å². The Morgan fingerprint density at radius 3 is 2.42 bits per heavy atom. The smallest absolute Gasteiger partial charge is 0.329 e. The molecule has 1 aliphatic heterocycles. The number of esters is 1. The van der Waals surface area contributed by atoms with Gasteiger partial charge in [-0.2, -0.15) is 0 Å². The van der Waals surface area contributed by atoms with Crippen LogP contribution < -0.4 is 5.32 Å². The molecule has 162 valence electrons. The molecule has 31 heavy (non-hydrogen) atoms. The molecular weight excluding hydrogens is 406 g/mol. The molecule has 1 aromatic rings. The van der Waals surface area contributed by atoms with Crippen molar-refractivity contribution < 1.29 is 28.8 Å². The second-order valence-electron chi connectivity index (χ2n) is 8.14. The van der Waals surface area contributed by atoms with Gasteiger partial charge in [-0.1, -0.05) is 18.2 Å². The fourth-order valence-electron chi connectivity index (χ4n) is 4.75. The van der Waals surface area contributed by atoms with E-state index in [4.69, 9.17) is 4.74 Å². The van der Waals surface area contributed by atoms with E-state index in [0.717, 1.165) is 11.3 Å². The maximum absolute atomic E-state index is 12.8. The average molecular weight is 427 g/mol. The summed E-state index contributed by atoms with van der Waals surface area (Å²) in [6.45, 7) is 2.32. The Hall–Kier alpha value is -3.56. The van der Waals surface area contributed by atoms with Gasteiger partial charge in [-0.15, -0.1) is 0 Å². The molecule has 1 N–H and O–H groups in total. The summed E-state index contributed by atoms with van der Waals surface area (Å²) in [5.41, 5.74) is 0.479. The highest BCUT2D eigenvalue weighted by molar-refractivity contribution is 6.09. The molecule has 0 aromatic heterocycles. The van der Waals surface area contributed by atoms with Gasteiger partial charge in [-0.05, 0) is 38.2 Å². The number of nitrogens with zero attached hydrogens (tertiary/aromatic N) is 2. The van der Waals surface area contributed by atoms with Crippen LogP contribution in [0.15, 0.2) is 30.4 Å². The molecule has 5 atom stereocenters. The number of rotatable bonds is 6. The quantitative estimate of drug-likeness (QED) is 0.239. The number of carbonyl (C=O) groups is 4. The van der Waals surface area contributed by atoms with E-state index in [1.807, 2.05) is 12.2 Å². The van der Waals surface area contributed by atoms with Crippen molar-refractivity contribution in [2.24, 2.45) is 23.7 Å². The van der Waals surface area contributed by atoms with Crippen LogP contribution >= 0.6 is 0 Å². The standard InChI is InChI=1S/C21H21N3O7/c1-10-3-6-14(8-15(10)24(29)30)22-16(25)9-31-21(28)11(2)23-19(26)17-12-4-5-13(7-12)18(17)20(23)27/h3-6,8,11-13,17-18H,7,9H2,1-2H3,(H,22,25)/t11-,12-,13-,17+,18+/m0/s1. The Morgan fingerprint density at radius 1 is 1.23 bits per heavy atom. The number of nitro groups is 1. The lowest BCUT2D eigenvalue weighted by atomic mass is 9.85. The van der Waals surface area contributed by atoms with Crippen LogP contribution in [0, 0.1) is 40.7 Å². The van der Waals surface area contributed by atoms with Crippen molar-refractivity contribution in [1.82, 2.24) is 4.90 Å². The number of ether oxygens (including phenoxy) is 1. The normalized spacial score (nSPS) is 26.7. The maximum Gasteiger partial charge on any atom is 0.329 e. The number of hydrogen-bond donors (Lipinski definition) is 1. The first-order valence-corrected chi connectivity index (χ1v) is 9.95. The minimum absolute atomic E-state index is 0.0315. The Kier molecular flexibility index (Phi) is 5.08. The predicted octanol–water partition coefficient (Wildman–Crippen LogP) is 1.58. The number of fused-ring (bicyclic) bond motifs is 5. The van der Waals surface area contributed by atoms with Crippen LogP contribution in [0.1, 0.15) is 18.9 Å². The van der Waals surface area contributed by atoms with E-state index in [-0.39, 0.29) is 35.0 Å². The van der Waals surface area contributed by atoms with Crippen LogP contribution in [-0.4, -0.2) is 46.2 Å². The Balaban J connectivity index is 1.34. The molecule has 0 spiro atoms. The van der Waals surface area contributed by atoms with Gasteiger partial charge in [0.25, 0.3) is 11.6 Å². The van der Waals surface area contributed by atoms with Gasteiger partial charge >= 0.3 is 5.97 Å². The van der Waals surface area contributed by atoms with Gasteiger partial charge in [0.1, 0.15) is 6.04 Å². The van der Waals surface area contributed by atoms with Crippen molar-refractivity contribution in [1.29, 1.82) is 0 Å². The van der Waals surface area contributed by atoms with Crippen molar-refractivity contribution >= 4 is 35.1 Å². The van der Waals surface area contributed by atoms with Crippen LogP contribution in [0.2, 0.25) is 0 Å². The highest BCUT2D eigenvalue weighted by Gasteiger charge is 2.60. The third-order valence-corrected chi connectivity index (χ3v) is 6.27. The van der Waals surface area contributed by atoms with E-state index < -0.39 is 41.3 Å². The average Bonchev–Trinajstić information content (AvgIpc) is 3.40. The summed E-state index contributed by atoms with van der Waals surface area (Å²) in [7, 11) is 0. The van der Waals surface area contributed by atoms with Crippen LogP contribution in [0.5, 0.6) is 0 Å². The van der Waals surface area contributed by atoms with Gasteiger partial charge in [0.2, 0.25) is 11.8 Å². The molecule has 2 bridgehead atoms. The van der Waals surface area contributed by atoms with E-state index in [1.54, 1.807) is 6.92 Å². The number of amides is 3. The summed E-state index contributed by atoms with van der Waals surface area (Å²) >= 11 is 0. The molecular formula is C21H21N3O7. The second-order valence-corrected chi connectivity index (χ2v) is 8.14. The monoisotopic (exact) mass is 427 g/mol. The number of nitrogens with one attached hydrogen (secondary N) is 1. The predicted molar refractivity (Wildman–Crippen MR) is 106 cm³/mol. The summed E-state index contributed by atoms with van der Waals surface area (Å²) < 4.78 is 4.99. The zero-order valence-corrected chi connectivity index (χ0v) is 16.9. The number of anilines is 1. The summed E-state index contributed by atoms with van der Waals surface area (Å²) in [4.78, 5) is 61.4. The van der Waals surface area contributed by atoms with Crippen molar-refractivity contribution in [3.05, 3.63) is 46.0 Å². The largest absolute Gasteiger partial charge is 0.454 e. The first-order chi connectivity index (χ1) is 14.7. The minimum Gasteiger partial charge on any atom is -0.454 e. The Morgan fingerprint density at radius 2 is 1.84 bits per heavy atom. The number of nitro benzene ring substituents is 1. The number of benzene rings is 1. The lowest BCUT2D eigenvalue weighted by Crippen LogP contribution is -2.45. The van der Waals surface area contributed by atoms with Gasteiger partial charge in [0.05, 0.1) is 16.8 Å². The van der Waals surface area contributed by atoms with Gasteiger partial charge in [-0.3, -0.25) is 29.4 Å². The fourth-order valence-corrected chi connectivity index (χ4v) is 4.75. The third-order valence-electron chi connectivity index (χ3n) is 6.27. The van der Waals surface area contributed by atoms with Gasteiger partial charge < -0.3 is 10.1 Å². The van der Waals surface area contributed by atoms with Crippen molar-refractivity contribution in [3.8, 4) is 0 Å². The van der Waals surface area contributed by atoms with Gasteiger partial charge in [-0.25, -0.2) is 4.79 Å². The van der Waals surface area contributed by atoms with Crippen molar-refractivity contribution in [3.63, 3.8) is 0 Å². The molecule has 4 rings (SSSR count). The topological polar surface area (TPSA) is 136 Å². The molecule has 1 saturated heterocycles. The van der Waals surface area contributed by atoms with Gasteiger partial charge in [0, 0.05) is 17.3 Å². The molecule has 0 radical (unpaired) electrons. The molecule has 2 fully saturated rings. The third kappa shape index (κ3) is 3.47. The zero-order chi connectivity index (χ0) is 22.4. The number of allylic oxidation sites excluding steroid dienone is 2. The summed E-state index contributed by atoms with van der Waals surface area (Å²) in [6, 6.07) is 3.05. The molecule has 2 aliphatic carbocycles. The number of imide groups is 1. The lowest BCUT2D eigenvalue weighted by molar-refractivity contribution is -0.385. The van der Waals surface area contributed by atoms with E-state index in [0.29, 0.717) is 5.56 Å². The molecule has 3 aliphatic rings. The van der Waals surface area contributed by atoms with Crippen LogP contribution in [0.25, 0.3) is 0 Å². The van der Waals surface area contributed by atoms with Crippen LogP contribution in [0.4, 0.5) is 11.4 Å². The first-order valence-electron chi connectivity index (χ1n) is 9.95. The molecule has 3 amide bonds. The molecule has 1 saturated carbocycles. The van der Waals surface area contributed by atoms with E-state index in [9.17, 15) is 29.3 Å². The van der Waals surface area contributed by atoms with E-state index in [2.05, 4.69) is 5.32 Å². The van der Waals surface area contributed by atoms with Crippen LogP contribution in [-0.2, 0) is 23.9 Å². The van der Waals surface area contributed by atoms with Gasteiger partial charge in [0.15, 0.2) is 6.61 Å². The molecule has 0 unspecified atom stereocenters. The van der Waals surface area contributed by atoms with Crippen molar-refractivity contribution in [2.75, 3.05) is 11.9 Å². The molecule has 1 aromatic carbocycles. The highest BCUT2D eigenvalue weighted by atomic mass is 16.6. The molecule has 1 heterocycles. The van der Waals surface area contributed by atoms with E-state index in [1.165, 1.54) is 25.1 Å². The SMILES string of the molecule is Cc1ccc(NC(=O)COC(=O)[C@H](C)N2C(=O)[C@H]3[C@H](C2=O)[C@H]2C=C[C@H]3C2)cc1[N+](=O)[O-]. The summed E-state index contributed by atoms with van der Waals surface area (Å²) in [5.74, 6) is -3.07. The first kappa shape index (κ1) is 20.7.